The van der Waals surface area contributed by atoms with Crippen LogP contribution in [0.3, 0.4) is 0 Å². The van der Waals surface area contributed by atoms with E-state index >= 15 is 0 Å². The molecule has 0 radical (unpaired) electrons. The number of anilines is 1. The molecule has 4 nitrogen and oxygen atoms in total. The molecule has 3 N–H and O–H groups in total. The summed E-state index contributed by atoms with van der Waals surface area (Å²) in [5, 5.41) is 2.41. The number of carbonyl (C=O) groups is 1. The van der Waals surface area contributed by atoms with Gasteiger partial charge in [0.1, 0.15) is 6.26 Å². The predicted molar refractivity (Wildman–Crippen MR) is 52.0 cm³/mol. The summed E-state index contributed by atoms with van der Waals surface area (Å²) < 4.78 is 11.0. The van der Waals surface area contributed by atoms with Crippen molar-refractivity contribution >= 4 is 22.9 Å². The van der Waals surface area contributed by atoms with Crippen LogP contribution in [0.15, 0.2) is 29.2 Å². The van der Waals surface area contributed by atoms with Gasteiger partial charge in [0, 0.05) is 5.69 Å². The lowest BCUT2D eigenvalue weighted by atomic mass is 10.3. The lowest BCUT2D eigenvalue weighted by Crippen LogP contribution is -2.19. The van der Waals surface area contributed by atoms with Crippen molar-refractivity contribution < 1.29 is 9.35 Å². The highest BCUT2D eigenvalue weighted by atomic mass is 32.2. The lowest BCUT2D eigenvalue weighted by Gasteiger charge is -2.05. The molecule has 1 atom stereocenters. The summed E-state index contributed by atoms with van der Waals surface area (Å²) in [6.07, 6.45) is 1.59. The van der Waals surface area contributed by atoms with Crippen molar-refractivity contribution in [3.05, 3.63) is 24.3 Å². The van der Waals surface area contributed by atoms with E-state index in [1.54, 1.807) is 30.5 Å². The Balaban J connectivity index is 2.75. The summed E-state index contributed by atoms with van der Waals surface area (Å²) in [5.41, 5.74) is 5.51. The largest absolute Gasteiger partial charge is 0.612 e. The van der Waals surface area contributed by atoms with Crippen molar-refractivity contribution in [1.29, 1.82) is 0 Å². The molecule has 0 fully saturated rings. The molecule has 1 aromatic carbocycles. The molecule has 0 aliphatic heterocycles. The average Bonchev–Trinajstić information content (AvgIpc) is 2.04. The summed E-state index contributed by atoms with van der Waals surface area (Å²) in [6.45, 7) is 0. The van der Waals surface area contributed by atoms with E-state index in [0.717, 1.165) is 4.90 Å². The molecule has 0 aliphatic rings. The maximum atomic E-state index is 11.0. The smallest absolute Gasteiger partial charge is 0.316 e. The van der Waals surface area contributed by atoms with Crippen LogP contribution < -0.4 is 11.1 Å². The van der Waals surface area contributed by atoms with Gasteiger partial charge in [0.2, 0.25) is 0 Å². The normalized spacial score (nSPS) is 12.2. The number of amides is 2. The second kappa shape index (κ2) is 4.15. The molecule has 0 saturated heterocycles. The van der Waals surface area contributed by atoms with Crippen molar-refractivity contribution in [3.63, 3.8) is 0 Å². The van der Waals surface area contributed by atoms with Gasteiger partial charge >= 0.3 is 6.03 Å². The Morgan fingerprint density at radius 2 is 2.00 bits per heavy atom. The van der Waals surface area contributed by atoms with E-state index in [2.05, 4.69) is 5.32 Å². The SMILES string of the molecule is C[S+]([O-])c1ccc(NC(N)=O)cc1. The Hall–Kier alpha value is -1.20. The molecule has 0 saturated carbocycles. The quantitative estimate of drug-likeness (QED) is 0.693. The van der Waals surface area contributed by atoms with Crippen molar-refractivity contribution in [1.82, 2.24) is 0 Å². The van der Waals surface area contributed by atoms with Crippen LogP contribution in [0.4, 0.5) is 10.5 Å². The number of hydrogen-bond acceptors (Lipinski definition) is 2. The molecule has 13 heavy (non-hydrogen) atoms. The molecule has 70 valence electrons. The second-order valence-electron chi connectivity index (χ2n) is 2.47. The minimum Gasteiger partial charge on any atom is -0.612 e. The number of benzene rings is 1. The fraction of sp³-hybridized carbons (Fsp3) is 0.125. The number of carbonyl (C=O) groups excluding carboxylic acids is 1. The molecule has 1 rings (SSSR count). The molecule has 0 bridgehead atoms. The van der Waals surface area contributed by atoms with Gasteiger partial charge in [-0.05, 0) is 35.4 Å². The molecular formula is C8H10N2O2S. The third kappa shape index (κ3) is 2.96. The zero-order valence-corrected chi connectivity index (χ0v) is 7.93. The van der Waals surface area contributed by atoms with E-state index in [4.69, 9.17) is 5.73 Å². The first-order chi connectivity index (χ1) is 6.09. The second-order valence-corrected chi connectivity index (χ2v) is 3.85. The molecule has 0 heterocycles. The Labute approximate surface area is 79.3 Å². The minimum atomic E-state index is -0.994. The van der Waals surface area contributed by atoms with Gasteiger partial charge in [0.05, 0.1) is 0 Å². The summed E-state index contributed by atoms with van der Waals surface area (Å²) in [6, 6.07) is 6.07. The van der Waals surface area contributed by atoms with Crippen molar-refractivity contribution in [3.8, 4) is 0 Å². The number of hydrogen-bond donors (Lipinski definition) is 2. The molecular weight excluding hydrogens is 188 g/mol. The zero-order valence-electron chi connectivity index (χ0n) is 7.11. The average molecular weight is 198 g/mol. The fourth-order valence-electron chi connectivity index (χ4n) is 0.872. The van der Waals surface area contributed by atoms with E-state index in [-0.39, 0.29) is 0 Å². The Kier molecular flexibility index (Phi) is 3.16. The first kappa shape index (κ1) is 9.88. The Bertz CT molecular complexity index is 298. The first-order valence-electron chi connectivity index (χ1n) is 3.59. The van der Waals surface area contributed by atoms with Crippen LogP contribution in [0.2, 0.25) is 0 Å². The molecule has 0 aliphatic carbocycles. The molecule has 1 unspecified atom stereocenters. The van der Waals surface area contributed by atoms with Gasteiger partial charge in [0.15, 0.2) is 4.90 Å². The highest BCUT2D eigenvalue weighted by Crippen LogP contribution is 2.13. The van der Waals surface area contributed by atoms with Gasteiger partial charge in [-0.3, -0.25) is 0 Å². The van der Waals surface area contributed by atoms with E-state index in [9.17, 15) is 9.35 Å². The number of nitrogens with one attached hydrogen (secondary N) is 1. The van der Waals surface area contributed by atoms with Gasteiger partial charge in [-0.1, -0.05) is 0 Å². The maximum Gasteiger partial charge on any atom is 0.316 e. The van der Waals surface area contributed by atoms with E-state index in [1.807, 2.05) is 0 Å². The lowest BCUT2D eigenvalue weighted by molar-refractivity contribution is 0.259. The van der Waals surface area contributed by atoms with E-state index in [0.29, 0.717) is 5.69 Å². The van der Waals surface area contributed by atoms with Crippen LogP contribution >= 0.6 is 0 Å². The summed E-state index contributed by atoms with van der Waals surface area (Å²) in [7, 11) is 0. The third-order valence-electron chi connectivity index (χ3n) is 1.45. The van der Waals surface area contributed by atoms with Gasteiger partial charge < -0.3 is 15.6 Å². The minimum absolute atomic E-state index is 0.599. The van der Waals surface area contributed by atoms with Gasteiger partial charge in [-0.25, -0.2) is 4.79 Å². The Morgan fingerprint density at radius 1 is 1.46 bits per heavy atom. The van der Waals surface area contributed by atoms with Gasteiger partial charge in [-0.15, -0.1) is 0 Å². The predicted octanol–water partition coefficient (Wildman–Crippen LogP) is 0.915. The Morgan fingerprint density at radius 3 is 2.38 bits per heavy atom. The number of rotatable bonds is 2. The van der Waals surface area contributed by atoms with Crippen molar-refractivity contribution in [2.24, 2.45) is 5.73 Å². The third-order valence-corrected chi connectivity index (χ3v) is 2.39. The fourth-order valence-corrected chi connectivity index (χ4v) is 1.39. The first-order valence-corrected chi connectivity index (χ1v) is 5.15. The van der Waals surface area contributed by atoms with E-state index in [1.165, 1.54) is 0 Å². The molecule has 0 aromatic heterocycles. The van der Waals surface area contributed by atoms with Crippen LogP contribution in [0, 0.1) is 0 Å². The van der Waals surface area contributed by atoms with Crippen LogP contribution in [-0.2, 0) is 11.2 Å². The van der Waals surface area contributed by atoms with Crippen LogP contribution in [0.1, 0.15) is 0 Å². The summed E-state index contributed by atoms with van der Waals surface area (Å²) in [5.74, 6) is 0. The standard InChI is InChI=1S/C8H10N2O2S/c1-13(12)7-4-2-6(3-5-7)10-8(9)11/h2-5H,1H3,(H3,9,10,11). The highest BCUT2D eigenvalue weighted by Gasteiger charge is 2.03. The van der Waals surface area contributed by atoms with Gasteiger partial charge in [0.25, 0.3) is 0 Å². The van der Waals surface area contributed by atoms with Gasteiger partial charge in [-0.2, -0.15) is 0 Å². The topological polar surface area (TPSA) is 78.2 Å². The van der Waals surface area contributed by atoms with E-state index < -0.39 is 17.2 Å². The van der Waals surface area contributed by atoms with Crippen LogP contribution in [0.5, 0.6) is 0 Å². The van der Waals surface area contributed by atoms with Crippen LogP contribution in [-0.4, -0.2) is 16.8 Å². The zero-order chi connectivity index (χ0) is 9.84. The number of nitrogens with two attached hydrogens (primary N) is 1. The molecule has 0 spiro atoms. The molecule has 1 aromatic rings. The van der Waals surface area contributed by atoms with Crippen molar-refractivity contribution in [2.45, 2.75) is 4.90 Å². The highest BCUT2D eigenvalue weighted by molar-refractivity contribution is 7.90. The summed E-state index contributed by atoms with van der Waals surface area (Å²) >= 11 is -0.994. The number of primary amides is 1. The van der Waals surface area contributed by atoms with Crippen molar-refractivity contribution in [2.75, 3.05) is 11.6 Å². The summed E-state index contributed by atoms with van der Waals surface area (Å²) in [4.78, 5) is 11.2. The molecule has 2 amide bonds. The molecule has 5 heteroatoms. The monoisotopic (exact) mass is 198 g/mol. The van der Waals surface area contributed by atoms with Crippen LogP contribution in [0.25, 0.3) is 0 Å². The maximum absolute atomic E-state index is 11.0. The number of urea groups is 1.